The van der Waals surface area contributed by atoms with Crippen LogP contribution in [-0.4, -0.2) is 68.3 Å². The quantitative estimate of drug-likeness (QED) is 0.560. The average Bonchev–Trinajstić information content (AvgIpc) is 3.24. The predicted molar refractivity (Wildman–Crippen MR) is 122 cm³/mol. The molecule has 0 radical (unpaired) electrons. The fourth-order valence-electron chi connectivity index (χ4n) is 7.17. The van der Waals surface area contributed by atoms with E-state index >= 15 is 0 Å². The van der Waals surface area contributed by atoms with E-state index in [-0.39, 0.29) is 29.8 Å². The molecule has 4 aliphatic heterocycles. The van der Waals surface area contributed by atoms with E-state index in [1.807, 2.05) is 0 Å². The van der Waals surface area contributed by atoms with Crippen LogP contribution < -0.4 is 16.0 Å². The van der Waals surface area contributed by atoms with Gasteiger partial charge in [0, 0.05) is 12.5 Å². The van der Waals surface area contributed by atoms with E-state index in [2.05, 4.69) is 57.5 Å². The van der Waals surface area contributed by atoms with E-state index in [1.54, 1.807) is 0 Å². The van der Waals surface area contributed by atoms with Crippen LogP contribution in [-0.2, 0) is 19.1 Å². The summed E-state index contributed by atoms with van der Waals surface area (Å²) in [5, 5.41) is 9.54. The number of hydrogen-bond acceptors (Lipinski definition) is 7. The monoisotopic (exact) mass is 447 g/mol. The predicted octanol–water partition coefficient (Wildman–Crippen LogP) is 1.20. The molecule has 4 saturated heterocycles. The second kappa shape index (κ2) is 8.26. The molecule has 0 amide bonds. The van der Waals surface area contributed by atoms with Crippen molar-refractivity contribution in [2.24, 2.45) is 40.4 Å². The van der Waals surface area contributed by atoms with Crippen LogP contribution in [0.5, 0.6) is 0 Å². The number of nitrogens with one attached hydrogen (secondary N) is 3. The molecular weight excluding hydrogens is 406 g/mol. The Balaban J connectivity index is 0.000000115. The molecule has 9 atom stereocenters. The largest absolute Gasteiger partial charge is 0.371 e. The lowest BCUT2D eigenvalue weighted by Crippen LogP contribution is -2.31. The molecule has 6 rings (SSSR count). The summed E-state index contributed by atoms with van der Waals surface area (Å²) in [6.07, 6.45) is 4.37. The van der Waals surface area contributed by atoms with Crippen LogP contribution in [0.1, 0.15) is 48.0 Å². The Morgan fingerprint density at radius 1 is 0.688 bits per heavy atom. The summed E-state index contributed by atoms with van der Waals surface area (Å²) in [6, 6.07) is 0.330. The molecule has 2 aliphatic carbocycles. The van der Waals surface area contributed by atoms with E-state index in [4.69, 9.17) is 4.74 Å². The van der Waals surface area contributed by atoms with Crippen molar-refractivity contribution in [2.75, 3.05) is 19.6 Å². The highest BCUT2D eigenvalue weighted by molar-refractivity contribution is 5.61. The van der Waals surface area contributed by atoms with Gasteiger partial charge in [-0.2, -0.15) is 0 Å². The van der Waals surface area contributed by atoms with Gasteiger partial charge in [0.15, 0.2) is 0 Å². The van der Waals surface area contributed by atoms with Crippen molar-refractivity contribution in [3.8, 4) is 0 Å². The lowest BCUT2D eigenvalue weighted by Gasteiger charge is -2.19. The average molecular weight is 448 g/mol. The van der Waals surface area contributed by atoms with Gasteiger partial charge in [0.25, 0.3) is 0 Å². The third kappa shape index (κ3) is 4.10. The highest BCUT2D eigenvalue weighted by Gasteiger charge is 2.64. The van der Waals surface area contributed by atoms with Gasteiger partial charge in [0.1, 0.15) is 18.9 Å². The van der Waals surface area contributed by atoms with Crippen LogP contribution in [0.2, 0.25) is 0 Å². The normalized spacial score (nSPS) is 46.9. The van der Waals surface area contributed by atoms with Gasteiger partial charge >= 0.3 is 0 Å². The number of ether oxygens (including phenoxy) is 1. The van der Waals surface area contributed by atoms with Crippen LogP contribution in [0.4, 0.5) is 0 Å². The maximum Gasteiger partial charge on any atom is 0.137 e. The molecular formula is C25H41N3O4. The first kappa shape index (κ1) is 24.0. The molecule has 7 heteroatoms. The van der Waals surface area contributed by atoms with Crippen molar-refractivity contribution in [3.05, 3.63) is 0 Å². The van der Waals surface area contributed by atoms with E-state index in [0.717, 1.165) is 56.7 Å². The molecule has 0 aromatic heterocycles. The number of hydrogen-bond donors (Lipinski definition) is 3. The van der Waals surface area contributed by atoms with Gasteiger partial charge in [0.2, 0.25) is 0 Å². The fourth-order valence-corrected chi connectivity index (χ4v) is 7.17. The summed E-state index contributed by atoms with van der Waals surface area (Å²) >= 11 is 0. The molecule has 7 nitrogen and oxygen atoms in total. The minimum atomic E-state index is -0.0291. The molecule has 180 valence electrons. The van der Waals surface area contributed by atoms with Crippen molar-refractivity contribution < 1.29 is 19.1 Å². The van der Waals surface area contributed by atoms with Crippen molar-refractivity contribution >= 4 is 18.9 Å². The van der Waals surface area contributed by atoms with Crippen LogP contribution in [0.15, 0.2) is 0 Å². The third-order valence-electron chi connectivity index (χ3n) is 9.33. The summed E-state index contributed by atoms with van der Waals surface area (Å²) in [5.74, 6) is 3.19. The molecule has 3 N–H and O–H groups in total. The van der Waals surface area contributed by atoms with Gasteiger partial charge in [0.05, 0.1) is 29.8 Å². The summed E-state index contributed by atoms with van der Waals surface area (Å²) in [5.41, 5.74) is 0.854. The van der Waals surface area contributed by atoms with Crippen LogP contribution in [0, 0.1) is 40.4 Å². The number of aldehydes is 3. The Morgan fingerprint density at radius 2 is 1.12 bits per heavy atom. The highest BCUT2D eigenvalue weighted by atomic mass is 16.5. The fraction of sp³-hybridized carbons (Fsp3) is 0.880. The van der Waals surface area contributed by atoms with E-state index in [0.29, 0.717) is 28.6 Å². The number of fused-ring (bicyclic) bond motifs is 3. The molecule has 4 heterocycles. The Hall–Kier alpha value is -1.15. The lowest BCUT2D eigenvalue weighted by molar-refractivity contribution is -0.110. The third-order valence-corrected chi connectivity index (χ3v) is 9.33. The molecule has 32 heavy (non-hydrogen) atoms. The van der Waals surface area contributed by atoms with E-state index < -0.39 is 0 Å². The molecule has 6 aliphatic rings. The van der Waals surface area contributed by atoms with Crippen LogP contribution >= 0.6 is 0 Å². The van der Waals surface area contributed by atoms with Gasteiger partial charge in [-0.15, -0.1) is 0 Å². The van der Waals surface area contributed by atoms with Crippen LogP contribution in [0.25, 0.3) is 0 Å². The number of piperidine rings is 2. The number of carbonyl (C=O) groups is 3. The van der Waals surface area contributed by atoms with Crippen LogP contribution in [0.3, 0.4) is 0 Å². The van der Waals surface area contributed by atoms with E-state index in [9.17, 15) is 14.4 Å². The summed E-state index contributed by atoms with van der Waals surface area (Å²) < 4.78 is 5.78. The molecule has 2 saturated carbocycles. The Kier molecular flexibility index (Phi) is 6.19. The van der Waals surface area contributed by atoms with Gasteiger partial charge in [-0.25, -0.2) is 0 Å². The van der Waals surface area contributed by atoms with Crippen molar-refractivity contribution in [1.82, 2.24) is 16.0 Å². The van der Waals surface area contributed by atoms with Gasteiger partial charge in [-0.05, 0) is 67.9 Å². The Morgan fingerprint density at radius 3 is 1.47 bits per heavy atom. The molecule has 1 unspecified atom stereocenters. The maximum atomic E-state index is 10.6. The highest BCUT2D eigenvalue weighted by Crippen LogP contribution is 2.62. The summed E-state index contributed by atoms with van der Waals surface area (Å²) in [7, 11) is 0. The molecule has 0 bridgehead atoms. The molecule has 0 aromatic carbocycles. The zero-order valence-corrected chi connectivity index (χ0v) is 20.4. The smallest absolute Gasteiger partial charge is 0.137 e. The van der Waals surface area contributed by atoms with Crippen molar-refractivity contribution in [2.45, 2.75) is 77.8 Å². The first-order valence-corrected chi connectivity index (χ1v) is 12.2. The van der Waals surface area contributed by atoms with Gasteiger partial charge in [-0.3, -0.25) is 0 Å². The minimum absolute atomic E-state index is 0.0248. The van der Waals surface area contributed by atoms with Crippen molar-refractivity contribution in [1.29, 1.82) is 0 Å². The second-order valence-electron chi connectivity index (χ2n) is 12.4. The SMILES string of the molecule is CC1(C)CC2[C@H](CN[C@@H]2C=O)O1.CC1(C)[C@@H]2[C@@H](C=O)NC[C@@H]21.CC1(C)[C@@H]2[C@@H](C=O)NC[C@@H]21. The first-order valence-electron chi connectivity index (χ1n) is 12.2. The maximum absolute atomic E-state index is 10.6. The Labute approximate surface area is 192 Å². The summed E-state index contributed by atoms with van der Waals surface area (Å²) in [6.45, 7) is 16.1. The zero-order valence-electron chi connectivity index (χ0n) is 20.4. The molecule has 0 aromatic rings. The minimum Gasteiger partial charge on any atom is -0.371 e. The number of carbonyl (C=O) groups excluding carboxylic acids is 3. The second-order valence-corrected chi connectivity index (χ2v) is 12.4. The molecule has 0 spiro atoms. The topological polar surface area (TPSA) is 96.5 Å². The summed E-state index contributed by atoms with van der Waals surface area (Å²) in [4.78, 5) is 31.6. The molecule has 6 fully saturated rings. The standard InChI is InChI=1S/C9H15NO2.2C8H13NO/c1-9(2)3-6-7(5-11)10-4-8(6)12-9;2*1-8(2)5-3-9-6(4-10)7(5)8/h5-8,10H,3-4H2,1-2H3;2*4-7,9H,3H2,1-2H3/t6?,7-,8+;2*5-,6+,7-/m100/s1. The first-order chi connectivity index (χ1) is 15.0. The zero-order chi connectivity index (χ0) is 23.5. The van der Waals surface area contributed by atoms with Gasteiger partial charge < -0.3 is 35.1 Å². The van der Waals surface area contributed by atoms with E-state index in [1.165, 1.54) is 0 Å². The number of rotatable bonds is 3. The van der Waals surface area contributed by atoms with Crippen molar-refractivity contribution in [3.63, 3.8) is 0 Å². The Bertz CT molecular complexity index is 711. The van der Waals surface area contributed by atoms with Gasteiger partial charge in [-0.1, -0.05) is 27.7 Å². The lowest BCUT2D eigenvalue weighted by atomic mass is 9.91.